The molecule has 7 heteroatoms. The molecule has 1 N–H and O–H groups in total. The van der Waals surface area contributed by atoms with Gasteiger partial charge < -0.3 is 5.11 Å². The van der Waals surface area contributed by atoms with Gasteiger partial charge in [-0.05, 0) is 24.6 Å². The topological polar surface area (TPSA) is 105 Å². The first-order valence-electron chi connectivity index (χ1n) is 6.50. The van der Waals surface area contributed by atoms with E-state index in [-0.39, 0.29) is 12.2 Å². The number of nitrogens with zero attached hydrogens (tertiary/aromatic N) is 5. The summed E-state index contributed by atoms with van der Waals surface area (Å²) in [4.78, 5) is 19.2. The number of aryl methyl sites for hydroxylation is 1. The molecule has 108 valence electrons. The van der Waals surface area contributed by atoms with Crippen LogP contribution in [-0.2, 0) is 11.3 Å². The van der Waals surface area contributed by atoms with E-state index in [1.54, 1.807) is 31.5 Å². The molecule has 7 nitrogen and oxygen atoms in total. The molecule has 22 heavy (non-hydrogen) atoms. The van der Waals surface area contributed by atoms with Crippen LogP contribution >= 0.6 is 0 Å². The van der Waals surface area contributed by atoms with Gasteiger partial charge in [0.1, 0.15) is 18.4 Å². The Balaban J connectivity index is 2.15. The smallest absolute Gasteiger partial charge is 0.325 e. The van der Waals surface area contributed by atoms with Crippen LogP contribution < -0.4 is 0 Å². The summed E-state index contributed by atoms with van der Waals surface area (Å²) < 4.78 is 1.31. The van der Waals surface area contributed by atoms with Gasteiger partial charge in [-0.1, -0.05) is 6.07 Å². The molecule has 0 aliphatic carbocycles. The molecule has 3 aromatic rings. The van der Waals surface area contributed by atoms with Crippen molar-refractivity contribution >= 4 is 16.9 Å². The Morgan fingerprint density at radius 2 is 2.05 bits per heavy atom. The molecule has 0 aliphatic heterocycles. The van der Waals surface area contributed by atoms with Crippen LogP contribution in [-0.4, -0.2) is 30.8 Å². The molecule has 1 aromatic carbocycles. The van der Waals surface area contributed by atoms with Crippen molar-refractivity contribution in [1.82, 2.24) is 19.7 Å². The van der Waals surface area contributed by atoms with Gasteiger partial charge in [-0.2, -0.15) is 10.4 Å². The van der Waals surface area contributed by atoms with Crippen molar-refractivity contribution in [1.29, 1.82) is 5.26 Å². The Labute approximate surface area is 125 Å². The molecule has 0 atom stereocenters. The number of nitriles is 1. The quantitative estimate of drug-likeness (QED) is 0.788. The van der Waals surface area contributed by atoms with Gasteiger partial charge in [0.25, 0.3) is 0 Å². The van der Waals surface area contributed by atoms with Crippen LogP contribution in [0.15, 0.2) is 30.6 Å². The fourth-order valence-electron chi connectivity index (χ4n) is 2.23. The Kier molecular flexibility index (Phi) is 3.27. The zero-order valence-corrected chi connectivity index (χ0v) is 11.7. The largest absolute Gasteiger partial charge is 0.480 e. The number of fused-ring (bicyclic) bond motifs is 1. The number of hydrogen-bond acceptors (Lipinski definition) is 5. The fourth-order valence-corrected chi connectivity index (χ4v) is 2.23. The number of carboxylic acid groups (broad SMARTS) is 1. The maximum atomic E-state index is 10.9. The van der Waals surface area contributed by atoms with Crippen LogP contribution in [0.5, 0.6) is 0 Å². The van der Waals surface area contributed by atoms with Crippen molar-refractivity contribution in [3.63, 3.8) is 0 Å². The fraction of sp³-hybridized carbons (Fsp3) is 0.133. The molecule has 0 fully saturated rings. The Morgan fingerprint density at radius 1 is 1.32 bits per heavy atom. The van der Waals surface area contributed by atoms with Gasteiger partial charge in [0.05, 0.1) is 5.52 Å². The average Bonchev–Trinajstić information content (AvgIpc) is 2.84. The zero-order chi connectivity index (χ0) is 15.7. The van der Waals surface area contributed by atoms with Gasteiger partial charge in [0.15, 0.2) is 5.69 Å². The van der Waals surface area contributed by atoms with Crippen LogP contribution in [0, 0.1) is 18.3 Å². The lowest BCUT2D eigenvalue weighted by Crippen LogP contribution is -2.09. The maximum Gasteiger partial charge on any atom is 0.325 e. The van der Waals surface area contributed by atoms with Gasteiger partial charge in [-0.25, -0.2) is 9.97 Å². The van der Waals surface area contributed by atoms with Crippen LogP contribution in [0.4, 0.5) is 0 Å². The number of carbonyl (C=O) groups is 1. The predicted molar refractivity (Wildman–Crippen MR) is 77.8 cm³/mol. The Bertz CT molecular complexity index is 906. The second-order valence-corrected chi connectivity index (χ2v) is 4.76. The number of carboxylic acids is 1. The summed E-state index contributed by atoms with van der Waals surface area (Å²) in [5, 5.41) is 22.7. The highest BCUT2D eigenvalue weighted by molar-refractivity contribution is 5.89. The minimum atomic E-state index is -1.01. The highest BCUT2D eigenvalue weighted by Crippen LogP contribution is 2.25. The lowest BCUT2D eigenvalue weighted by molar-refractivity contribution is -0.137. The molecule has 2 heterocycles. The third-order valence-electron chi connectivity index (χ3n) is 3.26. The molecular weight excluding hydrogens is 282 g/mol. The number of benzene rings is 1. The van der Waals surface area contributed by atoms with E-state index in [4.69, 9.17) is 5.11 Å². The molecule has 0 bridgehead atoms. The number of hydrogen-bond donors (Lipinski definition) is 1. The maximum absolute atomic E-state index is 10.9. The third kappa shape index (κ3) is 2.38. The van der Waals surface area contributed by atoms with E-state index in [0.717, 1.165) is 11.1 Å². The van der Waals surface area contributed by atoms with Gasteiger partial charge in [0, 0.05) is 23.3 Å². The summed E-state index contributed by atoms with van der Waals surface area (Å²) in [5.41, 5.74) is 2.48. The summed E-state index contributed by atoms with van der Waals surface area (Å²) in [5.74, 6) is -0.332. The molecule has 2 aromatic heterocycles. The van der Waals surface area contributed by atoms with E-state index >= 15 is 0 Å². The second-order valence-electron chi connectivity index (χ2n) is 4.76. The highest BCUT2D eigenvalue weighted by Gasteiger charge is 2.13. The van der Waals surface area contributed by atoms with Gasteiger partial charge in [-0.3, -0.25) is 9.48 Å². The second kappa shape index (κ2) is 5.26. The SMILES string of the molecule is Cc1ncc(-c2ccc3c(c2)c(C#N)nn3CC(=O)O)cn1. The van der Waals surface area contributed by atoms with Gasteiger partial charge >= 0.3 is 5.97 Å². The predicted octanol–water partition coefficient (Wildman–Crippen LogP) is 1.76. The van der Waals surface area contributed by atoms with Gasteiger partial charge in [0.2, 0.25) is 0 Å². The first-order chi connectivity index (χ1) is 10.6. The normalized spacial score (nSPS) is 10.5. The summed E-state index contributed by atoms with van der Waals surface area (Å²) in [7, 11) is 0. The van der Waals surface area contributed by atoms with E-state index in [9.17, 15) is 10.1 Å². The van der Waals surface area contributed by atoms with E-state index < -0.39 is 5.97 Å². The number of aromatic nitrogens is 4. The van der Waals surface area contributed by atoms with E-state index in [1.165, 1.54) is 4.68 Å². The van der Waals surface area contributed by atoms with Crippen LogP contribution in [0.1, 0.15) is 11.5 Å². The molecule has 0 aliphatic rings. The molecule has 0 amide bonds. The van der Waals surface area contributed by atoms with Crippen LogP contribution in [0.3, 0.4) is 0 Å². The van der Waals surface area contributed by atoms with E-state index in [2.05, 4.69) is 15.1 Å². The molecule has 0 radical (unpaired) electrons. The Morgan fingerprint density at radius 3 is 2.68 bits per heavy atom. The Hall–Kier alpha value is -3.27. The van der Waals surface area contributed by atoms with Crippen LogP contribution in [0.25, 0.3) is 22.0 Å². The van der Waals surface area contributed by atoms with Crippen molar-refractivity contribution in [2.45, 2.75) is 13.5 Å². The number of rotatable bonds is 3. The minimum Gasteiger partial charge on any atom is -0.480 e. The molecule has 0 spiro atoms. The monoisotopic (exact) mass is 293 g/mol. The molecule has 0 saturated carbocycles. The standard InChI is InChI=1S/C15H11N5O2/c1-9-17-6-11(7-18-9)10-2-3-14-12(4-10)13(5-16)19-20(14)8-15(21)22/h2-4,6-7H,8H2,1H3,(H,21,22). The molecular formula is C15H11N5O2. The highest BCUT2D eigenvalue weighted by atomic mass is 16.4. The van der Waals surface area contributed by atoms with E-state index in [1.807, 2.05) is 12.1 Å². The zero-order valence-electron chi connectivity index (χ0n) is 11.7. The lowest BCUT2D eigenvalue weighted by Gasteiger charge is -2.03. The van der Waals surface area contributed by atoms with Crippen LogP contribution in [0.2, 0.25) is 0 Å². The minimum absolute atomic E-state index is 0.200. The summed E-state index contributed by atoms with van der Waals surface area (Å²) in [6.45, 7) is 1.52. The van der Waals surface area contributed by atoms with E-state index in [0.29, 0.717) is 16.7 Å². The van der Waals surface area contributed by atoms with Crippen molar-refractivity contribution in [2.24, 2.45) is 0 Å². The van der Waals surface area contributed by atoms with Crippen molar-refractivity contribution < 1.29 is 9.90 Å². The first kappa shape index (κ1) is 13.7. The lowest BCUT2D eigenvalue weighted by atomic mass is 10.1. The molecule has 3 rings (SSSR count). The van der Waals surface area contributed by atoms with Gasteiger partial charge in [-0.15, -0.1) is 0 Å². The van der Waals surface area contributed by atoms with Crippen molar-refractivity contribution in [3.8, 4) is 17.2 Å². The molecule has 0 unspecified atom stereocenters. The summed E-state index contributed by atoms with van der Waals surface area (Å²) in [6, 6.07) is 7.38. The first-order valence-corrected chi connectivity index (χ1v) is 6.50. The third-order valence-corrected chi connectivity index (χ3v) is 3.26. The average molecular weight is 293 g/mol. The summed E-state index contributed by atoms with van der Waals surface area (Å²) in [6.07, 6.45) is 3.41. The number of aliphatic carboxylic acids is 1. The van der Waals surface area contributed by atoms with Crippen molar-refractivity contribution in [3.05, 3.63) is 42.1 Å². The molecule has 0 saturated heterocycles. The van der Waals surface area contributed by atoms with Crippen molar-refractivity contribution in [2.75, 3.05) is 0 Å². The summed E-state index contributed by atoms with van der Waals surface area (Å²) >= 11 is 0.